The van der Waals surface area contributed by atoms with Crippen molar-refractivity contribution in [2.24, 2.45) is 0 Å². The van der Waals surface area contributed by atoms with Crippen molar-refractivity contribution in [3.63, 3.8) is 0 Å². The maximum atomic E-state index is 12.2. The van der Waals surface area contributed by atoms with Crippen LogP contribution in [0.25, 0.3) is 0 Å². The van der Waals surface area contributed by atoms with Gasteiger partial charge in [-0.05, 0) is 58.2 Å². The Hall–Kier alpha value is -1.52. The molecule has 0 aliphatic carbocycles. The average Bonchev–Trinajstić information content (AvgIpc) is 2.49. The van der Waals surface area contributed by atoms with Crippen molar-refractivity contribution in [1.82, 2.24) is 0 Å². The molecule has 0 saturated heterocycles. The van der Waals surface area contributed by atoms with Gasteiger partial charge in [-0.2, -0.15) is 0 Å². The van der Waals surface area contributed by atoms with Crippen LogP contribution in [-0.2, 0) is 6.42 Å². The van der Waals surface area contributed by atoms with E-state index in [1.807, 2.05) is 24.3 Å². The fourth-order valence-electron chi connectivity index (χ4n) is 1.87. The molecule has 5 heteroatoms. The van der Waals surface area contributed by atoms with Gasteiger partial charge in [-0.15, -0.1) is 11.6 Å². The lowest BCUT2D eigenvalue weighted by Gasteiger charge is -2.08. The molecule has 0 aliphatic rings. The first kappa shape index (κ1) is 15.9. The van der Waals surface area contributed by atoms with Crippen LogP contribution in [0.15, 0.2) is 46.9 Å². The van der Waals surface area contributed by atoms with E-state index < -0.39 is 0 Å². The molecule has 0 heterocycles. The van der Waals surface area contributed by atoms with Crippen LogP contribution >= 0.6 is 27.5 Å². The van der Waals surface area contributed by atoms with Gasteiger partial charge in [0, 0.05) is 17.1 Å². The van der Waals surface area contributed by atoms with Crippen LogP contribution in [0.3, 0.4) is 0 Å². The summed E-state index contributed by atoms with van der Waals surface area (Å²) in [7, 11) is 1.59. The Morgan fingerprint density at radius 3 is 2.52 bits per heavy atom. The first-order chi connectivity index (χ1) is 10.1. The monoisotopic (exact) mass is 367 g/mol. The third-order valence-electron chi connectivity index (χ3n) is 3.01. The number of hydrogen-bond donors (Lipinski definition) is 1. The van der Waals surface area contributed by atoms with E-state index >= 15 is 0 Å². The molecule has 0 fully saturated rings. The number of halogens is 2. The molecule has 2 aromatic carbocycles. The minimum atomic E-state index is -0.163. The summed E-state index contributed by atoms with van der Waals surface area (Å²) in [6, 6.07) is 12.9. The Labute approximate surface area is 137 Å². The molecule has 0 unspecified atom stereocenters. The number of anilines is 1. The highest BCUT2D eigenvalue weighted by Gasteiger charge is 2.09. The van der Waals surface area contributed by atoms with Gasteiger partial charge in [0.25, 0.3) is 5.91 Å². The lowest BCUT2D eigenvalue weighted by atomic mass is 10.1. The van der Waals surface area contributed by atoms with E-state index in [2.05, 4.69) is 21.2 Å². The molecule has 1 N–H and O–H groups in total. The molecule has 0 aliphatic heterocycles. The van der Waals surface area contributed by atoms with E-state index in [9.17, 15) is 4.79 Å². The van der Waals surface area contributed by atoms with Crippen LogP contribution in [0.2, 0.25) is 0 Å². The minimum Gasteiger partial charge on any atom is -0.496 e. The van der Waals surface area contributed by atoms with Crippen LogP contribution in [0.4, 0.5) is 5.69 Å². The fourth-order valence-corrected chi connectivity index (χ4v) is 2.63. The van der Waals surface area contributed by atoms with Crippen LogP contribution in [0.5, 0.6) is 5.75 Å². The summed E-state index contributed by atoms with van der Waals surface area (Å²) >= 11 is 9.07. The number of carbonyl (C=O) groups is 1. The number of carbonyl (C=O) groups excluding carboxylic acids is 1. The number of alkyl halides is 1. The summed E-state index contributed by atoms with van der Waals surface area (Å²) in [5.41, 5.74) is 2.47. The molecule has 21 heavy (non-hydrogen) atoms. The quantitative estimate of drug-likeness (QED) is 0.790. The van der Waals surface area contributed by atoms with Gasteiger partial charge in [-0.3, -0.25) is 4.79 Å². The molecule has 0 saturated carbocycles. The zero-order valence-corrected chi connectivity index (χ0v) is 13.9. The van der Waals surface area contributed by atoms with Crippen molar-refractivity contribution in [1.29, 1.82) is 0 Å². The van der Waals surface area contributed by atoms with E-state index in [0.717, 1.165) is 22.1 Å². The molecule has 1 amide bonds. The standard InChI is InChI=1S/C16H15BrClNO2/c1-21-15-7-4-12(10-14(15)17)16(20)19-13-5-2-11(3-6-13)8-9-18/h2-7,10H,8-9H2,1H3,(H,19,20). The smallest absolute Gasteiger partial charge is 0.255 e. The zero-order chi connectivity index (χ0) is 15.2. The van der Waals surface area contributed by atoms with Gasteiger partial charge >= 0.3 is 0 Å². The van der Waals surface area contributed by atoms with Gasteiger partial charge in [0.1, 0.15) is 5.75 Å². The minimum absolute atomic E-state index is 0.163. The number of amides is 1. The van der Waals surface area contributed by atoms with Gasteiger partial charge in [0.2, 0.25) is 0 Å². The maximum absolute atomic E-state index is 12.2. The fraction of sp³-hybridized carbons (Fsp3) is 0.188. The third-order valence-corrected chi connectivity index (χ3v) is 3.82. The van der Waals surface area contributed by atoms with Crippen molar-refractivity contribution in [2.75, 3.05) is 18.3 Å². The van der Waals surface area contributed by atoms with Gasteiger partial charge in [-0.1, -0.05) is 12.1 Å². The van der Waals surface area contributed by atoms with Crippen molar-refractivity contribution in [3.05, 3.63) is 58.1 Å². The molecule has 2 aromatic rings. The Morgan fingerprint density at radius 1 is 1.24 bits per heavy atom. The van der Waals surface area contributed by atoms with E-state index in [0.29, 0.717) is 17.2 Å². The molecule has 3 nitrogen and oxygen atoms in total. The summed E-state index contributed by atoms with van der Waals surface area (Å²) in [5.74, 6) is 1.12. The molecule has 110 valence electrons. The molecule has 0 bridgehead atoms. The van der Waals surface area contributed by atoms with Crippen LogP contribution < -0.4 is 10.1 Å². The second-order valence-electron chi connectivity index (χ2n) is 4.44. The van der Waals surface area contributed by atoms with E-state index in [4.69, 9.17) is 16.3 Å². The number of rotatable bonds is 5. The van der Waals surface area contributed by atoms with Crippen molar-refractivity contribution >= 4 is 39.1 Å². The molecule has 0 radical (unpaired) electrons. The Morgan fingerprint density at radius 2 is 1.95 bits per heavy atom. The molecular weight excluding hydrogens is 354 g/mol. The van der Waals surface area contributed by atoms with Crippen molar-refractivity contribution in [2.45, 2.75) is 6.42 Å². The Balaban J connectivity index is 2.08. The molecular formula is C16H15BrClNO2. The number of hydrogen-bond acceptors (Lipinski definition) is 2. The average molecular weight is 369 g/mol. The lowest BCUT2D eigenvalue weighted by molar-refractivity contribution is 0.102. The number of ether oxygens (including phenoxy) is 1. The van der Waals surface area contributed by atoms with Crippen molar-refractivity contribution in [3.8, 4) is 5.75 Å². The maximum Gasteiger partial charge on any atom is 0.255 e. The lowest BCUT2D eigenvalue weighted by Crippen LogP contribution is -2.11. The molecule has 0 atom stereocenters. The van der Waals surface area contributed by atoms with Crippen LogP contribution in [-0.4, -0.2) is 18.9 Å². The largest absolute Gasteiger partial charge is 0.496 e. The second kappa shape index (κ2) is 7.48. The molecule has 2 rings (SSSR count). The highest BCUT2D eigenvalue weighted by Crippen LogP contribution is 2.25. The van der Waals surface area contributed by atoms with Crippen molar-refractivity contribution < 1.29 is 9.53 Å². The number of aryl methyl sites for hydroxylation is 1. The van der Waals surface area contributed by atoms with E-state index in [-0.39, 0.29) is 5.91 Å². The Kier molecular flexibility index (Phi) is 5.65. The molecule has 0 spiro atoms. The topological polar surface area (TPSA) is 38.3 Å². The number of nitrogens with one attached hydrogen (secondary N) is 1. The van der Waals surface area contributed by atoms with Gasteiger partial charge in [-0.25, -0.2) is 0 Å². The van der Waals surface area contributed by atoms with E-state index in [1.165, 1.54) is 0 Å². The zero-order valence-electron chi connectivity index (χ0n) is 11.5. The van der Waals surface area contributed by atoms with Crippen LogP contribution in [0.1, 0.15) is 15.9 Å². The predicted octanol–water partition coefficient (Wildman–Crippen LogP) is 4.49. The summed E-state index contributed by atoms with van der Waals surface area (Å²) < 4.78 is 5.89. The first-order valence-corrected chi connectivity index (χ1v) is 7.76. The first-order valence-electron chi connectivity index (χ1n) is 6.44. The SMILES string of the molecule is COc1ccc(C(=O)Nc2ccc(CCCl)cc2)cc1Br. The highest BCUT2D eigenvalue weighted by atomic mass is 79.9. The number of benzene rings is 2. The van der Waals surface area contributed by atoms with Gasteiger partial charge < -0.3 is 10.1 Å². The Bertz CT molecular complexity index is 629. The normalized spacial score (nSPS) is 10.2. The van der Waals surface area contributed by atoms with Gasteiger partial charge in [0.15, 0.2) is 0 Å². The predicted molar refractivity (Wildman–Crippen MR) is 89.5 cm³/mol. The third kappa shape index (κ3) is 4.22. The van der Waals surface area contributed by atoms with E-state index in [1.54, 1.807) is 25.3 Å². The number of methoxy groups -OCH3 is 1. The summed E-state index contributed by atoms with van der Waals surface area (Å²) in [5, 5.41) is 2.86. The highest BCUT2D eigenvalue weighted by molar-refractivity contribution is 9.10. The summed E-state index contributed by atoms with van der Waals surface area (Å²) in [6.07, 6.45) is 0.821. The van der Waals surface area contributed by atoms with Gasteiger partial charge in [0.05, 0.1) is 11.6 Å². The second-order valence-corrected chi connectivity index (χ2v) is 5.67. The van der Waals surface area contributed by atoms with Crippen LogP contribution in [0, 0.1) is 0 Å². The summed E-state index contributed by atoms with van der Waals surface area (Å²) in [6.45, 7) is 0. The molecule has 0 aromatic heterocycles. The summed E-state index contributed by atoms with van der Waals surface area (Å²) in [4.78, 5) is 12.2.